The number of hydrogen-bond donors (Lipinski definition) is 1. The second-order valence-electron chi connectivity index (χ2n) is 9.68. The summed E-state index contributed by atoms with van der Waals surface area (Å²) in [5, 5.41) is 0. The van der Waals surface area contributed by atoms with Gasteiger partial charge in [-0.05, 0) is 56.9 Å². The van der Waals surface area contributed by atoms with Gasteiger partial charge in [-0.25, -0.2) is 15.0 Å². The lowest BCUT2D eigenvalue weighted by Crippen LogP contribution is -2.41. The van der Waals surface area contributed by atoms with Crippen molar-refractivity contribution in [3.05, 3.63) is 24.2 Å². The van der Waals surface area contributed by atoms with E-state index in [1.54, 1.807) is 6.20 Å². The summed E-state index contributed by atoms with van der Waals surface area (Å²) in [7, 11) is 0. The Bertz CT molecular complexity index is 1010. The molecule has 0 amide bonds. The Labute approximate surface area is 185 Å². The fourth-order valence-corrected chi connectivity index (χ4v) is 6.02. The van der Waals surface area contributed by atoms with Gasteiger partial charge >= 0.3 is 6.61 Å². The minimum atomic E-state index is -2.97. The zero-order valence-electron chi connectivity index (χ0n) is 17.8. The van der Waals surface area contributed by atoms with Gasteiger partial charge in [-0.2, -0.15) is 8.78 Å². The molecule has 4 heterocycles. The number of alkyl halides is 2. The number of fused-ring (bicyclic) bond motifs is 5. The van der Waals surface area contributed by atoms with Crippen molar-refractivity contribution >= 4 is 11.6 Å². The van der Waals surface area contributed by atoms with Crippen molar-refractivity contribution < 1.29 is 18.3 Å². The molecular formula is C23H27F2N5O2. The number of nitrogen functional groups attached to an aromatic ring is 1. The molecule has 0 aromatic carbocycles. The third kappa shape index (κ3) is 3.37. The Kier molecular flexibility index (Phi) is 4.71. The van der Waals surface area contributed by atoms with Crippen LogP contribution >= 0.6 is 0 Å². The number of nitrogens with two attached hydrogens (primary N) is 1. The number of halogens is 2. The first-order valence-electron chi connectivity index (χ1n) is 11.5. The Morgan fingerprint density at radius 3 is 2.59 bits per heavy atom. The van der Waals surface area contributed by atoms with Gasteiger partial charge in [0.1, 0.15) is 11.6 Å². The molecule has 2 aromatic heterocycles. The zero-order valence-corrected chi connectivity index (χ0v) is 17.8. The molecule has 5 aliphatic rings. The summed E-state index contributed by atoms with van der Waals surface area (Å²) in [5.74, 6) is 2.39. The van der Waals surface area contributed by atoms with Crippen molar-refractivity contribution in [1.29, 1.82) is 0 Å². The van der Waals surface area contributed by atoms with Crippen molar-refractivity contribution in [3.63, 3.8) is 0 Å². The van der Waals surface area contributed by atoms with Crippen LogP contribution in [0.1, 0.15) is 50.8 Å². The van der Waals surface area contributed by atoms with Crippen LogP contribution in [-0.2, 0) is 10.2 Å². The zero-order chi connectivity index (χ0) is 21.9. The predicted octanol–water partition coefficient (Wildman–Crippen LogP) is 3.92. The lowest BCUT2D eigenvalue weighted by Gasteiger charge is -2.45. The van der Waals surface area contributed by atoms with Crippen molar-refractivity contribution in [2.75, 3.05) is 23.8 Å². The Hall–Kier alpha value is -2.55. The number of nitrogens with zero attached hydrogens (tertiary/aromatic N) is 4. The van der Waals surface area contributed by atoms with Crippen LogP contribution < -0.4 is 15.4 Å². The van der Waals surface area contributed by atoms with Crippen molar-refractivity contribution in [2.24, 2.45) is 5.92 Å². The van der Waals surface area contributed by atoms with Crippen LogP contribution in [-0.4, -0.2) is 46.9 Å². The average Bonchev–Trinajstić information content (AvgIpc) is 3.45. The van der Waals surface area contributed by atoms with Gasteiger partial charge in [-0.3, -0.25) is 0 Å². The number of morpholine rings is 1. The molecule has 9 heteroatoms. The molecule has 7 nitrogen and oxygen atoms in total. The van der Waals surface area contributed by atoms with Crippen molar-refractivity contribution in [3.8, 4) is 17.0 Å². The molecule has 2 saturated heterocycles. The second-order valence-corrected chi connectivity index (χ2v) is 9.68. The van der Waals surface area contributed by atoms with Gasteiger partial charge in [0.15, 0.2) is 11.6 Å². The molecule has 3 aliphatic carbocycles. The normalized spacial score (nSPS) is 31.0. The van der Waals surface area contributed by atoms with Crippen molar-refractivity contribution in [1.82, 2.24) is 15.0 Å². The fourth-order valence-electron chi connectivity index (χ4n) is 6.02. The van der Waals surface area contributed by atoms with Gasteiger partial charge in [-0.15, -0.1) is 0 Å². The summed E-state index contributed by atoms with van der Waals surface area (Å²) in [6.45, 7) is -1.44. The Morgan fingerprint density at radius 1 is 1.16 bits per heavy atom. The van der Waals surface area contributed by atoms with Crippen molar-refractivity contribution in [2.45, 2.75) is 69.1 Å². The number of ether oxygens (including phenoxy) is 2. The van der Waals surface area contributed by atoms with Gasteiger partial charge in [0.2, 0.25) is 0 Å². The number of anilines is 2. The first-order valence-corrected chi connectivity index (χ1v) is 11.5. The maximum absolute atomic E-state index is 12.8. The molecule has 2 atom stereocenters. The molecule has 32 heavy (non-hydrogen) atoms. The summed E-state index contributed by atoms with van der Waals surface area (Å²) < 4.78 is 36.1. The molecule has 7 rings (SSSR count). The van der Waals surface area contributed by atoms with E-state index in [0.29, 0.717) is 23.9 Å². The van der Waals surface area contributed by atoms with Gasteiger partial charge in [0.25, 0.3) is 0 Å². The third-order valence-corrected chi connectivity index (χ3v) is 7.87. The maximum Gasteiger partial charge on any atom is 0.387 e. The highest BCUT2D eigenvalue weighted by Gasteiger charge is 2.45. The van der Waals surface area contributed by atoms with Crippen LogP contribution in [0.25, 0.3) is 11.3 Å². The molecule has 5 fully saturated rings. The molecular weight excluding hydrogens is 416 g/mol. The largest absolute Gasteiger partial charge is 0.431 e. The molecule has 2 aliphatic heterocycles. The number of hydrogen-bond acceptors (Lipinski definition) is 7. The smallest absolute Gasteiger partial charge is 0.387 e. The molecule has 2 aromatic rings. The Balaban J connectivity index is 1.44. The van der Waals surface area contributed by atoms with E-state index < -0.39 is 6.61 Å². The third-order valence-electron chi connectivity index (χ3n) is 7.87. The van der Waals surface area contributed by atoms with E-state index in [2.05, 4.69) is 14.6 Å². The summed E-state index contributed by atoms with van der Waals surface area (Å²) in [5.41, 5.74) is 7.02. The number of pyridine rings is 1. The predicted molar refractivity (Wildman–Crippen MR) is 115 cm³/mol. The molecule has 0 unspecified atom stereocenters. The van der Waals surface area contributed by atoms with E-state index >= 15 is 0 Å². The first-order chi connectivity index (χ1) is 15.5. The van der Waals surface area contributed by atoms with Crippen LogP contribution in [0.15, 0.2) is 18.3 Å². The van der Waals surface area contributed by atoms with E-state index in [0.717, 1.165) is 49.8 Å². The van der Waals surface area contributed by atoms with E-state index in [1.807, 2.05) is 6.07 Å². The average molecular weight is 443 g/mol. The summed E-state index contributed by atoms with van der Waals surface area (Å²) >= 11 is 0. The fraction of sp³-hybridized carbons (Fsp3) is 0.609. The van der Waals surface area contributed by atoms with E-state index in [1.165, 1.54) is 25.3 Å². The van der Waals surface area contributed by atoms with Crippen LogP contribution in [0.2, 0.25) is 0 Å². The highest BCUT2D eigenvalue weighted by Crippen LogP contribution is 2.51. The highest BCUT2D eigenvalue weighted by molar-refractivity contribution is 5.67. The number of aromatic nitrogens is 3. The summed E-state index contributed by atoms with van der Waals surface area (Å²) in [6, 6.07) is 3.76. The van der Waals surface area contributed by atoms with Crippen LogP contribution in [0.5, 0.6) is 5.75 Å². The molecule has 2 N–H and O–H groups in total. The topological polar surface area (TPSA) is 86.4 Å². The molecule has 0 radical (unpaired) electrons. The monoisotopic (exact) mass is 443 g/mol. The Morgan fingerprint density at radius 2 is 1.94 bits per heavy atom. The van der Waals surface area contributed by atoms with Gasteiger partial charge in [-0.1, -0.05) is 0 Å². The summed E-state index contributed by atoms with van der Waals surface area (Å²) in [6.07, 6.45) is 9.81. The maximum atomic E-state index is 12.8. The lowest BCUT2D eigenvalue weighted by atomic mass is 9.60. The van der Waals surface area contributed by atoms with Gasteiger partial charge < -0.3 is 20.1 Å². The van der Waals surface area contributed by atoms with E-state index in [-0.39, 0.29) is 23.1 Å². The standard InChI is InChI=1S/C23H27F2N5O2/c24-22(25)32-18-7-14(10-27-20(18)26)17-9-19(30-11-16-8-15(30)12-31-16)29-21(28-17)23-4-1-13(2-5-23)3-6-23/h7,9-10,13,15-16,22H,1-6,8,11-12H2,(H2,26,27)/t13?,15-,16-,23?/m0/s1. The summed E-state index contributed by atoms with van der Waals surface area (Å²) in [4.78, 5) is 16.5. The first kappa shape index (κ1) is 20.1. The number of rotatable bonds is 5. The van der Waals surface area contributed by atoms with E-state index in [4.69, 9.17) is 20.4 Å². The SMILES string of the molecule is Nc1ncc(-c2cc(N3C[C@@H]4C[C@H]3CO4)nc(C34CCC(CC3)CC4)n2)cc1OC(F)F. The van der Waals surface area contributed by atoms with Gasteiger partial charge in [0.05, 0.1) is 24.4 Å². The highest BCUT2D eigenvalue weighted by atomic mass is 19.3. The van der Waals surface area contributed by atoms with Crippen LogP contribution in [0.3, 0.4) is 0 Å². The van der Waals surface area contributed by atoms with E-state index in [9.17, 15) is 8.78 Å². The van der Waals surface area contributed by atoms with Gasteiger partial charge in [0, 0.05) is 29.8 Å². The minimum absolute atomic E-state index is 0.00170. The molecule has 0 spiro atoms. The molecule has 3 saturated carbocycles. The van der Waals surface area contributed by atoms with Crippen LogP contribution in [0.4, 0.5) is 20.4 Å². The molecule has 4 bridgehead atoms. The second kappa shape index (κ2) is 7.50. The minimum Gasteiger partial charge on any atom is -0.431 e. The molecule has 170 valence electrons. The quantitative estimate of drug-likeness (QED) is 0.749. The lowest BCUT2D eigenvalue weighted by molar-refractivity contribution is -0.0494. The van der Waals surface area contributed by atoms with Crippen LogP contribution in [0, 0.1) is 5.92 Å².